The van der Waals surface area contributed by atoms with Gasteiger partial charge in [0.05, 0.1) is 16.4 Å². The normalized spacial score (nSPS) is 14.6. The third-order valence-electron chi connectivity index (χ3n) is 4.93. The van der Waals surface area contributed by atoms with Gasteiger partial charge in [0.25, 0.3) is 16.8 Å². The average molecular weight is 515 g/mol. The number of thioether (sulfide) groups is 1. The maximum atomic E-state index is 12.8. The molecule has 0 spiro atoms. The molecule has 1 heterocycles. The molecular formula is C24H16Cl2N2O5S. The minimum absolute atomic E-state index is 0.0121. The van der Waals surface area contributed by atoms with Crippen molar-refractivity contribution < 1.29 is 19.2 Å². The van der Waals surface area contributed by atoms with Crippen molar-refractivity contribution in [2.45, 2.75) is 13.2 Å². The van der Waals surface area contributed by atoms with E-state index in [1.54, 1.807) is 60.7 Å². The van der Waals surface area contributed by atoms with Crippen LogP contribution in [0.25, 0.3) is 6.08 Å². The molecule has 7 nitrogen and oxygen atoms in total. The van der Waals surface area contributed by atoms with Crippen LogP contribution in [0, 0.1) is 10.1 Å². The Kier molecular flexibility index (Phi) is 7.21. The van der Waals surface area contributed by atoms with Gasteiger partial charge >= 0.3 is 0 Å². The number of benzene rings is 3. The third-order valence-corrected chi connectivity index (χ3v) is 6.42. The maximum absolute atomic E-state index is 12.8. The van der Waals surface area contributed by atoms with E-state index < -0.39 is 10.8 Å². The second-order valence-electron chi connectivity index (χ2n) is 7.29. The molecule has 1 fully saturated rings. The SMILES string of the molecule is O=C1S/C(=C\c2cccc(OCc3ccc([N+](=O)[O-])cc3)c2)C(=O)N1Cc1ccc(Cl)cc1Cl. The smallest absolute Gasteiger partial charge is 0.293 e. The zero-order valence-electron chi connectivity index (χ0n) is 17.4. The highest BCUT2D eigenvalue weighted by Crippen LogP contribution is 2.35. The molecule has 1 aliphatic heterocycles. The fourth-order valence-corrected chi connectivity index (χ4v) is 4.49. The number of nitro benzene ring substituents is 1. The molecule has 34 heavy (non-hydrogen) atoms. The van der Waals surface area contributed by atoms with Gasteiger partial charge in [-0.1, -0.05) is 41.4 Å². The molecule has 0 bridgehead atoms. The topological polar surface area (TPSA) is 89.7 Å². The summed E-state index contributed by atoms with van der Waals surface area (Å²) >= 11 is 13.0. The number of rotatable bonds is 7. The number of amides is 2. The summed E-state index contributed by atoms with van der Waals surface area (Å²) in [7, 11) is 0. The lowest BCUT2D eigenvalue weighted by Gasteiger charge is -2.13. The molecule has 10 heteroatoms. The van der Waals surface area contributed by atoms with Crippen LogP contribution in [-0.4, -0.2) is 21.0 Å². The fourth-order valence-electron chi connectivity index (χ4n) is 3.18. The van der Waals surface area contributed by atoms with E-state index in [1.807, 2.05) is 0 Å². The number of nitrogens with zero attached hydrogens (tertiary/aromatic N) is 2. The Morgan fingerprint density at radius 2 is 1.79 bits per heavy atom. The Morgan fingerprint density at radius 1 is 1.03 bits per heavy atom. The van der Waals surface area contributed by atoms with E-state index in [-0.39, 0.29) is 24.1 Å². The molecule has 0 unspecified atom stereocenters. The van der Waals surface area contributed by atoms with Crippen LogP contribution >= 0.6 is 35.0 Å². The molecule has 3 aromatic rings. The van der Waals surface area contributed by atoms with Crippen molar-refractivity contribution >= 4 is 57.9 Å². The average Bonchev–Trinajstić information content (AvgIpc) is 3.07. The first kappa shape index (κ1) is 23.8. The largest absolute Gasteiger partial charge is 0.489 e. The minimum atomic E-state index is -0.458. The minimum Gasteiger partial charge on any atom is -0.489 e. The molecule has 0 atom stereocenters. The van der Waals surface area contributed by atoms with E-state index in [1.165, 1.54) is 12.1 Å². The number of nitro groups is 1. The summed E-state index contributed by atoms with van der Waals surface area (Å²) in [6, 6.07) is 18.1. The van der Waals surface area contributed by atoms with Gasteiger partial charge in [0.15, 0.2) is 0 Å². The summed E-state index contributed by atoms with van der Waals surface area (Å²) in [5, 5.41) is 11.2. The molecular weight excluding hydrogens is 499 g/mol. The lowest BCUT2D eigenvalue weighted by molar-refractivity contribution is -0.384. The van der Waals surface area contributed by atoms with Gasteiger partial charge in [0.2, 0.25) is 0 Å². The number of hydrogen-bond donors (Lipinski definition) is 0. The molecule has 2 amide bonds. The molecule has 0 saturated carbocycles. The van der Waals surface area contributed by atoms with E-state index in [2.05, 4.69) is 0 Å². The molecule has 0 radical (unpaired) electrons. The molecule has 0 aliphatic carbocycles. The van der Waals surface area contributed by atoms with E-state index in [4.69, 9.17) is 27.9 Å². The molecule has 0 N–H and O–H groups in total. The zero-order chi connectivity index (χ0) is 24.2. The predicted molar refractivity (Wildman–Crippen MR) is 132 cm³/mol. The van der Waals surface area contributed by atoms with Gasteiger partial charge in [-0.3, -0.25) is 24.6 Å². The Labute approximate surface area is 209 Å². The Bertz CT molecular complexity index is 1310. The number of hydrogen-bond acceptors (Lipinski definition) is 6. The molecule has 172 valence electrons. The van der Waals surface area contributed by atoms with Gasteiger partial charge < -0.3 is 4.74 Å². The van der Waals surface area contributed by atoms with Crippen LogP contribution in [0.2, 0.25) is 10.0 Å². The number of non-ortho nitro benzene ring substituents is 1. The quantitative estimate of drug-likeness (QED) is 0.197. The molecule has 1 aliphatic rings. The van der Waals surface area contributed by atoms with Gasteiger partial charge in [-0.05, 0) is 70.9 Å². The highest BCUT2D eigenvalue weighted by atomic mass is 35.5. The summed E-state index contributed by atoms with van der Waals surface area (Å²) in [6.45, 7) is 0.274. The Hall–Kier alpha value is -3.33. The molecule has 4 rings (SSSR count). The number of halogens is 2. The Morgan fingerprint density at radius 3 is 2.50 bits per heavy atom. The molecule has 1 saturated heterocycles. The number of ether oxygens (including phenoxy) is 1. The van der Waals surface area contributed by atoms with Crippen molar-refractivity contribution in [1.82, 2.24) is 4.90 Å². The first-order valence-corrected chi connectivity index (χ1v) is 11.5. The second kappa shape index (κ2) is 10.3. The summed E-state index contributed by atoms with van der Waals surface area (Å²) in [5.74, 6) is 0.150. The first-order chi connectivity index (χ1) is 16.3. The van der Waals surface area contributed by atoms with Crippen LogP contribution in [0.3, 0.4) is 0 Å². The number of imide groups is 1. The molecule has 0 aromatic heterocycles. The monoisotopic (exact) mass is 514 g/mol. The summed E-state index contributed by atoms with van der Waals surface area (Å²) in [4.78, 5) is 37.0. The van der Waals surface area contributed by atoms with E-state index >= 15 is 0 Å². The summed E-state index contributed by atoms with van der Waals surface area (Å²) in [6.07, 6.45) is 1.63. The molecule has 3 aromatic carbocycles. The van der Waals surface area contributed by atoms with Crippen molar-refractivity contribution in [2.24, 2.45) is 0 Å². The van der Waals surface area contributed by atoms with E-state index in [0.717, 1.165) is 22.2 Å². The van der Waals surface area contributed by atoms with Crippen LogP contribution in [0.1, 0.15) is 16.7 Å². The third kappa shape index (κ3) is 5.59. The van der Waals surface area contributed by atoms with E-state index in [0.29, 0.717) is 31.8 Å². The van der Waals surface area contributed by atoms with Crippen LogP contribution in [0.4, 0.5) is 10.5 Å². The van der Waals surface area contributed by atoms with Gasteiger partial charge in [0, 0.05) is 22.2 Å². The van der Waals surface area contributed by atoms with Crippen molar-refractivity contribution in [3.05, 3.63) is 108 Å². The van der Waals surface area contributed by atoms with Gasteiger partial charge in [0.1, 0.15) is 12.4 Å². The number of carbonyl (C=O) groups is 2. The van der Waals surface area contributed by atoms with Crippen molar-refractivity contribution in [1.29, 1.82) is 0 Å². The van der Waals surface area contributed by atoms with Gasteiger partial charge in [-0.2, -0.15) is 0 Å². The lowest BCUT2D eigenvalue weighted by Crippen LogP contribution is -2.27. The second-order valence-corrected chi connectivity index (χ2v) is 9.13. The highest BCUT2D eigenvalue weighted by molar-refractivity contribution is 8.18. The van der Waals surface area contributed by atoms with Crippen LogP contribution in [0.5, 0.6) is 5.75 Å². The lowest BCUT2D eigenvalue weighted by atomic mass is 10.2. The maximum Gasteiger partial charge on any atom is 0.293 e. The highest BCUT2D eigenvalue weighted by Gasteiger charge is 2.35. The number of carbonyl (C=O) groups excluding carboxylic acids is 2. The van der Waals surface area contributed by atoms with Gasteiger partial charge in [-0.25, -0.2) is 0 Å². The Balaban J connectivity index is 1.44. The zero-order valence-corrected chi connectivity index (χ0v) is 19.8. The standard InChI is InChI=1S/C24H16Cl2N2O5S/c25-18-7-6-17(21(26)12-18)13-27-23(29)22(34-24(27)30)11-16-2-1-3-20(10-16)33-14-15-4-8-19(9-5-15)28(31)32/h1-12H,13-14H2/b22-11-. The van der Waals surface area contributed by atoms with Crippen LogP contribution < -0.4 is 4.74 Å². The summed E-state index contributed by atoms with van der Waals surface area (Å²) < 4.78 is 5.77. The van der Waals surface area contributed by atoms with Crippen LogP contribution in [-0.2, 0) is 17.9 Å². The van der Waals surface area contributed by atoms with Crippen molar-refractivity contribution in [3.8, 4) is 5.75 Å². The van der Waals surface area contributed by atoms with E-state index in [9.17, 15) is 19.7 Å². The van der Waals surface area contributed by atoms with Crippen LogP contribution in [0.15, 0.2) is 71.6 Å². The van der Waals surface area contributed by atoms with Crippen molar-refractivity contribution in [2.75, 3.05) is 0 Å². The van der Waals surface area contributed by atoms with Crippen molar-refractivity contribution in [3.63, 3.8) is 0 Å². The predicted octanol–water partition coefficient (Wildman–Crippen LogP) is 6.72. The first-order valence-electron chi connectivity index (χ1n) is 9.95. The summed E-state index contributed by atoms with van der Waals surface area (Å²) in [5.41, 5.74) is 2.10. The van der Waals surface area contributed by atoms with Gasteiger partial charge in [-0.15, -0.1) is 0 Å². The fraction of sp³-hybridized carbons (Fsp3) is 0.0833.